The third-order valence-electron chi connectivity index (χ3n) is 0.749. The van der Waals surface area contributed by atoms with Gasteiger partial charge in [0.2, 0.25) is 0 Å². The van der Waals surface area contributed by atoms with Crippen LogP contribution in [0.4, 0.5) is 0 Å². The van der Waals surface area contributed by atoms with E-state index in [4.69, 9.17) is 0 Å². The first-order valence-electron chi connectivity index (χ1n) is 2.05. The van der Waals surface area contributed by atoms with E-state index in [1.165, 1.54) is 0 Å². The second kappa shape index (κ2) is 1.82. The van der Waals surface area contributed by atoms with Gasteiger partial charge in [-0.2, -0.15) is 5.10 Å². The molecule has 0 N–H and O–H groups in total. The Labute approximate surface area is 51.3 Å². The highest BCUT2D eigenvalue weighted by Gasteiger charge is 2.09. The van der Waals surface area contributed by atoms with E-state index in [-0.39, 0.29) is 0 Å². The molecular weight excluding hydrogens is 156 g/mol. The molecule has 0 saturated carbocycles. The standard InChI is InChI=1S/C4H6BrN2/c1-7-3-4(5)2-6-7/h2-4H,1H3. The predicted molar refractivity (Wildman–Crippen MR) is 33.3 cm³/mol. The summed E-state index contributed by atoms with van der Waals surface area (Å²) >= 11 is 3.33. The van der Waals surface area contributed by atoms with E-state index in [1.807, 2.05) is 19.8 Å². The Morgan fingerprint density at radius 1 is 1.86 bits per heavy atom. The first kappa shape index (κ1) is 5.09. The fourth-order valence-electron chi connectivity index (χ4n) is 0.452. The van der Waals surface area contributed by atoms with Crippen molar-refractivity contribution in [3.8, 4) is 0 Å². The molecule has 0 aliphatic carbocycles. The molecule has 39 valence electrons. The summed E-state index contributed by atoms with van der Waals surface area (Å²) in [5.74, 6) is 0. The van der Waals surface area contributed by atoms with E-state index in [2.05, 4.69) is 21.0 Å². The lowest BCUT2D eigenvalue weighted by atomic mass is 10.5. The van der Waals surface area contributed by atoms with Gasteiger partial charge in [-0.3, -0.25) is 5.01 Å². The molecule has 0 aromatic rings. The van der Waals surface area contributed by atoms with Gasteiger partial charge in [0.1, 0.15) is 0 Å². The quantitative estimate of drug-likeness (QED) is 0.482. The maximum Gasteiger partial charge on any atom is 0.0877 e. The Bertz CT molecular complexity index is 81.7. The average molecular weight is 162 g/mol. The number of hydrazone groups is 1. The van der Waals surface area contributed by atoms with Crippen LogP contribution in [-0.4, -0.2) is 23.1 Å². The zero-order chi connectivity index (χ0) is 5.28. The van der Waals surface area contributed by atoms with Gasteiger partial charge in [-0.05, 0) is 0 Å². The normalized spacial score (nSPS) is 29.4. The first-order valence-corrected chi connectivity index (χ1v) is 2.96. The highest BCUT2D eigenvalue weighted by atomic mass is 79.9. The lowest BCUT2D eigenvalue weighted by Gasteiger charge is -2.01. The Morgan fingerprint density at radius 2 is 2.57 bits per heavy atom. The molecule has 1 unspecified atom stereocenters. The lowest BCUT2D eigenvalue weighted by molar-refractivity contribution is 0.459. The molecule has 7 heavy (non-hydrogen) atoms. The van der Waals surface area contributed by atoms with E-state index in [0.717, 1.165) is 0 Å². The molecule has 3 heteroatoms. The first-order chi connectivity index (χ1) is 3.29. The maximum atomic E-state index is 3.92. The molecule has 2 nitrogen and oxygen atoms in total. The van der Waals surface area contributed by atoms with E-state index in [1.54, 1.807) is 5.01 Å². The summed E-state index contributed by atoms with van der Waals surface area (Å²) in [7, 11) is 1.90. The van der Waals surface area contributed by atoms with Gasteiger partial charge in [0.25, 0.3) is 0 Å². The van der Waals surface area contributed by atoms with Crippen LogP contribution in [0.15, 0.2) is 5.10 Å². The summed E-state index contributed by atoms with van der Waals surface area (Å²) in [5, 5.41) is 5.70. The van der Waals surface area contributed by atoms with Crippen LogP contribution >= 0.6 is 15.9 Å². The molecule has 1 radical (unpaired) electrons. The van der Waals surface area contributed by atoms with Crippen LogP contribution in [0.25, 0.3) is 0 Å². The molecule has 1 atom stereocenters. The SMILES string of the molecule is CN1[CH]C(Br)C=N1. The van der Waals surface area contributed by atoms with Crippen LogP contribution in [0.3, 0.4) is 0 Å². The summed E-state index contributed by atoms with van der Waals surface area (Å²) in [6.07, 6.45) is 1.83. The number of nitrogens with zero attached hydrogens (tertiary/aromatic N) is 2. The summed E-state index contributed by atoms with van der Waals surface area (Å²) in [6, 6.07) is 0. The van der Waals surface area contributed by atoms with Crippen LogP contribution in [0.2, 0.25) is 0 Å². The summed E-state index contributed by atoms with van der Waals surface area (Å²) < 4.78 is 0. The van der Waals surface area contributed by atoms with Crippen molar-refractivity contribution in [1.29, 1.82) is 0 Å². The van der Waals surface area contributed by atoms with Crippen molar-refractivity contribution in [2.45, 2.75) is 4.83 Å². The third kappa shape index (κ3) is 1.16. The van der Waals surface area contributed by atoms with Gasteiger partial charge in [0.05, 0.1) is 11.4 Å². The van der Waals surface area contributed by atoms with Gasteiger partial charge < -0.3 is 0 Å². The van der Waals surface area contributed by atoms with Crippen molar-refractivity contribution in [3.63, 3.8) is 0 Å². The number of hydrogen-bond donors (Lipinski definition) is 0. The minimum absolute atomic E-state index is 0.345. The maximum absolute atomic E-state index is 3.92. The van der Waals surface area contributed by atoms with Gasteiger partial charge >= 0.3 is 0 Å². The van der Waals surface area contributed by atoms with Crippen LogP contribution in [0.5, 0.6) is 0 Å². The van der Waals surface area contributed by atoms with E-state index >= 15 is 0 Å². The predicted octanol–water partition coefficient (Wildman–Crippen LogP) is 0.843. The number of hydrogen-bond acceptors (Lipinski definition) is 2. The highest BCUT2D eigenvalue weighted by Crippen LogP contribution is 2.09. The molecule has 0 bridgehead atoms. The summed E-state index contributed by atoms with van der Waals surface area (Å²) in [5.41, 5.74) is 0. The molecule has 0 fully saturated rings. The van der Waals surface area contributed by atoms with Gasteiger partial charge in [-0.25, -0.2) is 0 Å². The molecular formula is C4H6BrN2. The molecule has 0 spiro atoms. The van der Waals surface area contributed by atoms with Crippen LogP contribution in [-0.2, 0) is 0 Å². The number of alkyl halides is 1. The Balaban J connectivity index is 2.42. The Morgan fingerprint density at radius 3 is 2.71 bits per heavy atom. The minimum Gasteiger partial charge on any atom is -0.294 e. The zero-order valence-corrected chi connectivity index (χ0v) is 5.59. The number of halogens is 1. The molecule has 0 amide bonds. The summed E-state index contributed by atoms with van der Waals surface area (Å²) in [4.78, 5) is 0.345. The molecule has 0 aromatic heterocycles. The fraction of sp³-hybridized carbons (Fsp3) is 0.500. The van der Waals surface area contributed by atoms with Crippen molar-refractivity contribution in [3.05, 3.63) is 6.54 Å². The fourth-order valence-corrected chi connectivity index (χ4v) is 0.900. The largest absolute Gasteiger partial charge is 0.294 e. The lowest BCUT2D eigenvalue weighted by Crippen LogP contribution is -2.04. The Kier molecular flexibility index (Phi) is 1.32. The van der Waals surface area contributed by atoms with Gasteiger partial charge in [0, 0.05) is 13.3 Å². The Hall–Kier alpha value is -0.0500. The van der Waals surface area contributed by atoms with Crippen molar-refractivity contribution in [2.24, 2.45) is 5.10 Å². The smallest absolute Gasteiger partial charge is 0.0877 e. The monoisotopic (exact) mass is 161 g/mol. The van der Waals surface area contributed by atoms with Crippen LogP contribution in [0, 0.1) is 6.54 Å². The second-order valence-corrected chi connectivity index (χ2v) is 2.49. The topological polar surface area (TPSA) is 15.6 Å². The molecule has 1 heterocycles. The van der Waals surface area contributed by atoms with Gasteiger partial charge in [0.15, 0.2) is 0 Å². The van der Waals surface area contributed by atoms with Crippen LogP contribution < -0.4 is 0 Å². The summed E-state index contributed by atoms with van der Waals surface area (Å²) in [6.45, 7) is 1.97. The molecule has 0 aromatic carbocycles. The minimum atomic E-state index is 0.345. The molecule has 1 aliphatic rings. The number of rotatable bonds is 0. The highest BCUT2D eigenvalue weighted by molar-refractivity contribution is 9.10. The van der Waals surface area contributed by atoms with E-state index < -0.39 is 0 Å². The van der Waals surface area contributed by atoms with Crippen LogP contribution in [0.1, 0.15) is 0 Å². The van der Waals surface area contributed by atoms with Crippen molar-refractivity contribution >= 4 is 22.1 Å². The molecule has 1 rings (SSSR count). The molecule has 1 aliphatic heterocycles. The van der Waals surface area contributed by atoms with Gasteiger partial charge in [-0.15, -0.1) is 0 Å². The van der Waals surface area contributed by atoms with E-state index in [0.29, 0.717) is 4.83 Å². The van der Waals surface area contributed by atoms with Gasteiger partial charge in [-0.1, -0.05) is 15.9 Å². The van der Waals surface area contributed by atoms with E-state index in [9.17, 15) is 0 Å². The zero-order valence-electron chi connectivity index (χ0n) is 4.00. The average Bonchev–Trinajstić information content (AvgIpc) is 1.87. The van der Waals surface area contributed by atoms with Crippen molar-refractivity contribution < 1.29 is 0 Å². The second-order valence-electron chi connectivity index (χ2n) is 1.43. The van der Waals surface area contributed by atoms with Crippen molar-refractivity contribution in [2.75, 3.05) is 7.05 Å². The molecule has 0 saturated heterocycles. The van der Waals surface area contributed by atoms with Crippen molar-refractivity contribution in [1.82, 2.24) is 5.01 Å². The third-order valence-corrected chi connectivity index (χ3v) is 1.22.